The summed E-state index contributed by atoms with van der Waals surface area (Å²) in [5, 5.41) is 3.32. The van der Waals surface area contributed by atoms with Gasteiger partial charge in [-0.3, -0.25) is 9.52 Å². The molecule has 33 heavy (non-hydrogen) atoms. The molecule has 0 aliphatic heterocycles. The standard InChI is InChI=1S/C23H17ClN2O6S/c1-31-21-11-10-15(33(29,30)26-18-8-4-3-7-17(18)24)13-19(21)25-22(27)16-12-14-6-2-5-9-20(14)32-23(16)28/h2-13,26H,1H3,(H,25,27). The number of methoxy groups -OCH3 is 1. The Morgan fingerprint density at radius 3 is 2.45 bits per heavy atom. The van der Waals surface area contributed by atoms with Crippen LogP contribution < -0.4 is 20.4 Å². The van der Waals surface area contributed by atoms with E-state index in [0.717, 1.165) is 0 Å². The van der Waals surface area contributed by atoms with Crippen molar-refractivity contribution in [2.24, 2.45) is 0 Å². The zero-order chi connectivity index (χ0) is 23.6. The van der Waals surface area contributed by atoms with E-state index in [1.54, 1.807) is 42.5 Å². The Bertz CT molecular complexity index is 1530. The molecule has 168 valence electrons. The van der Waals surface area contributed by atoms with E-state index in [1.165, 1.54) is 37.4 Å². The lowest BCUT2D eigenvalue weighted by atomic mass is 10.1. The first kappa shape index (κ1) is 22.4. The van der Waals surface area contributed by atoms with E-state index >= 15 is 0 Å². The lowest BCUT2D eigenvalue weighted by Gasteiger charge is -2.14. The topological polar surface area (TPSA) is 115 Å². The first-order valence-corrected chi connectivity index (χ1v) is 11.4. The van der Waals surface area contributed by atoms with Gasteiger partial charge in [-0.1, -0.05) is 41.9 Å². The van der Waals surface area contributed by atoms with Gasteiger partial charge in [-0.25, -0.2) is 13.2 Å². The minimum atomic E-state index is -4.04. The lowest BCUT2D eigenvalue weighted by Crippen LogP contribution is -2.21. The maximum Gasteiger partial charge on any atom is 0.349 e. The molecule has 1 heterocycles. The van der Waals surface area contributed by atoms with Crippen LogP contribution in [0.2, 0.25) is 5.02 Å². The predicted octanol–water partition coefficient (Wildman–Crippen LogP) is 4.51. The number of rotatable bonds is 6. The van der Waals surface area contributed by atoms with Crippen LogP contribution in [0, 0.1) is 0 Å². The molecule has 8 nitrogen and oxygen atoms in total. The number of para-hydroxylation sites is 2. The lowest BCUT2D eigenvalue weighted by molar-refractivity contribution is 0.102. The molecule has 0 aliphatic rings. The Balaban J connectivity index is 1.68. The highest BCUT2D eigenvalue weighted by molar-refractivity contribution is 7.92. The predicted molar refractivity (Wildman–Crippen MR) is 126 cm³/mol. The van der Waals surface area contributed by atoms with Gasteiger partial charge in [0.25, 0.3) is 15.9 Å². The number of carbonyl (C=O) groups is 1. The number of carbonyl (C=O) groups excluding carboxylic acids is 1. The summed E-state index contributed by atoms with van der Waals surface area (Å²) in [6.07, 6.45) is 0. The highest BCUT2D eigenvalue weighted by Crippen LogP contribution is 2.30. The molecule has 0 unspecified atom stereocenters. The number of benzene rings is 3. The van der Waals surface area contributed by atoms with Crippen molar-refractivity contribution in [1.29, 1.82) is 0 Å². The van der Waals surface area contributed by atoms with Crippen molar-refractivity contribution in [2.45, 2.75) is 4.90 Å². The minimum absolute atomic E-state index is 0.0529. The molecule has 0 aliphatic carbocycles. The van der Waals surface area contributed by atoms with Crippen molar-refractivity contribution in [3.63, 3.8) is 0 Å². The van der Waals surface area contributed by atoms with Crippen molar-refractivity contribution in [1.82, 2.24) is 0 Å². The van der Waals surface area contributed by atoms with Gasteiger partial charge in [-0.15, -0.1) is 0 Å². The highest BCUT2D eigenvalue weighted by atomic mass is 35.5. The number of hydrogen-bond donors (Lipinski definition) is 2. The third kappa shape index (κ3) is 4.69. The Labute approximate surface area is 193 Å². The average Bonchev–Trinajstić information content (AvgIpc) is 2.80. The van der Waals surface area contributed by atoms with Gasteiger partial charge in [0.2, 0.25) is 0 Å². The number of amides is 1. The fourth-order valence-corrected chi connectivity index (χ4v) is 4.45. The number of halogens is 1. The first-order chi connectivity index (χ1) is 15.8. The van der Waals surface area contributed by atoms with Crippen LogP contribution in [0.4, 0.5) is 11.4 Å². The molecule has 1 amide bonds. The number of hydrogen-bond acceptors (Lipinski definition) is 6. The minimum Gasteiger partial charge on any atom is -0.495 e. The third-order valence-electron chi connectivity index (χ3n) is 4.73. The Morgan fingerprint density at radius 1 is 0.970 bits per heavy atom. The van der Waals surface area contributed by atoms with Crippen LogP contribution in [0.25, 0.3) is 11.0 Å². The van der Waals surface area contributed by atoms with Gasteiger partial charge in [-0.05, 0) is 42.5 Å². The van der Waals surface area contributed by atoms with E-state index in [2.05, 4.69) is 10.0 Å². The van der Waals surface area contributed by atoms with E-state index in [0.29, 0.717) is 11.0 Å². The normalized spacial score (nSPS) is 11.2. The summed E-state index contributed by atoms with van der Waals surface area (Å²) in [5.41, 5.74) is -0.464. The van der Waals surface area contributed by atoms with Crippen LogP contribution in [0.1, 0.15) is 10.4 Å². The Hall–Kier alpha value is -3.82. The second-order valence-electron chi connectivity index (χ2n) is 6.89. The van der Waals surface area contributed by atoms with Gasteiger partial charge >= 0.3 is 5.63 Å². The van der Waals surface area contributed by atoms with Crippen LogP contribution in [0.3, 0.4) is 0 Å². The molecule has 0 fully saturated rings. The molecule has 0 atom stereocenters. The van der Waals surface area contributed by atoms with E-state index in [-0.39, 0.29) is 32.6 Å². The molecule has 0 radical (unpaired) electrons. The van der Waals surface area contributed by atoms with Gasteiger partial charge in [0.05, 0.1) is 28.4 Å². The maximum absolute atomic E-state index is 12.9. The summed E-state index contributed by atoms with van der Waals surface area (Å²) in [7, 11) is -2.68. The molecule has 4 aromatic rings. The van der Waals surface area contributed by atoms with Crippen LogP contribution >= 0.6 is 11.6 Å². The fraction of sp³-hybridized carbons (Fsp3) is 0.0435. The van der Waals surface area contributed by atoms with Crippen molar-refractivity contribution < 1.29 is 22.4 Å². The van der Waals surface area contributed by atoms with E-state index in [4.69, 9.17) is 20.8 Å². The molecular weight excluding hydrogens is 468 g/mol. The van der Waals surface area contributed by atoms with Gasteiger partial charge in [-0.2, -0.15) is 0 Å². The molecule has 1 aromatic heterocycles. The second-order valence-corrected chi connectivity index (χ2v) is 8.98. The average molecular weight is 485 g/mol. The number of anilines is 2. The molecule has 4 rings (SSSR count). The zero-order valence-electron chi connectivity index (χ0n) is 17.2. The van der Waals surface area contributed by atoms with Gasteiger partial charge < -0.3 is 14.5 Å². The van der Waals surface area contributed by atoms with E-state index in [1.807, 2.05) is 0 Å². The summed E-state index contributed by atoms with van der Waals surface area (Å²) in [5.74, 6) is -0.577. The number of sulfonamides is 1. The summed E-state index contributed by atoms with van der Waals surface area (Å²) in [4.78, 5) is 25.0. The molecule has 0 saturated heterocycles. The van der Waals surface area contributed by atoms with Gasteiger partial charge in [0.15, 0.2) is 0 Å². The summed E-state index contributed by atoms with van der Waals surface area (Å²) in [6, 6.07) is 18.5. The number of nitrogens with one attached hydrogen (secondary N) is 2. The SMILES string of the molecule is COc1ccc(S(=O)(=O)Nc2ccccc2Cl)cc1NC(=O)c1cc2ccccc2oc1=O. The van der Waals surface area contributed by atoms with Crippen LogP contribution in [0.5, 0.6) is 5.75 Å². The summed E-state index contributed by atoms with van der Waals surface area (Å²) >= 11 is 6.05. The van der Waals surface area contributed by atoms with Crippen LogP contribution in [-0.2, 0) is 10.0 Å². The van der Waals surface area contributed by atoms with Gasteiger partial charge in [0.1, 0.15) is 16.9 Å². The summed E-state index contributed by atoms with van der Waals surface area (Å²) < 4.78 is 38.6. The molecule has 3 aromatic carbocycles. The quantitative estimate of drug-likeness (QED) is 0.389. The third-order valence-corrected chi connectivity index (χ3v) is 6.43. The molecule has 0 saturated carbocycles. The monoisotopic (exact) mass is 484 g/mol. The Kier molecular flexibility index (Phi) is 6.08. The Morgan fingerprint density at radius 2 is 1.70 bits per heavy atom. The maximum atomic E-state index is 12.9. The molecule has 0 bridgehead atoms. The molecular formula is C23H17ClN2O6S. The van der Waals surface area contributed by atoms with E-state index in [9.17, 15) is 18.0 Å². The zero-order valence-corrected chi connectivity index (χ0v) is 18.7. The van der Waals surface area contributed by atoms with Crippen LogP contribution in [0.15, 0.2) is 86.9 Å². The first-order valence-electron chi connectivity index (χ1n) is 9.58. The van der Waals surface area contributed by atoms with E-state index < -0.39 is 21.6 Å². The largest absolute Gasteiger partial charge is 0.495 e. The fourth-order valence-electron chi connectivity index (χ4n) is 3.11. The molecule has 2 N–H and O–H groups in total. The highest BCUT2D eigenvalue weighted by Gasteiger charge is 2.20. The second kappa shape index (κ2) is 8.97. The van der Waals surface area contributed by atoms with Crippen molar-refractivity contribution in [3.8, 4) is 5.75 Å². The van der Waals surface area contributed by atoms with Gasteiger partial charge in [0, 0.05) is 5.39 Å². The molecule has 0 spiro atoms. The van der Waals surface area contributed by atoms with Crippen molar-refractivity contribution >= 4 is 49.9 Å². The van der Waals surface area contributed by atoms with Crippen molar-refractivity contribution in [2.75, 3.05) is 17.1 Å². The number of fused-ring (bicyclic) bond motifs is 1. The summed E-state index contributed by atoms with van der Waals surface area (Å²) in [6.45, 7) is 0. The smallest absolute Gasteiger partial charge is 0.349 e. The number of ether oxygens (including phenoxy) is 1. The molecule has 10 heteroatoms. The van der Waals surface area contributed by atoms with Crippen molar-refractivity contribution in [3.05, 3.63) is 93.8 Å². The van der Waals surface area contributed by atoms with Crippen LogP contribution in [-0.4, -0.2) is 21.4 Å².